The van der Waals surface area contributed by atoms with Crippen LogP contribution in [0.25, 0.3) is 0 Å². The second-order valence-corrected chi connectivity index (χ2v) is 10.1. The van der Waals surface area contributed by atoms with Gasteiger partial charge in [-0.15, -0.1) is 0 Å². The molecule has 11 heteroatoms. The van der Waals surface area contributed by atoms with Crippen molar-refractivity contribution >= 4 is 25.2 Å². The van der Waals surface area contributed by atoms with Crippen molar-refractivity contribution in [2.45, 2.75) is 39.8 Å². The number of nitro benzene ring substituents is 1. The van der Waals surface area contributed by atoms with Crippen LogP contribution in [0, 0.1) is 22.0 Å². The molecule has 2 aliphatic rings. The molecule has 0 bridgehead atoms. The van der Waals surface area contributed by atoms with Gasteiger partial charge in [0.1, 0.15) is 0 Å². The number of nitro groups is 1. The van der Waals surface area contributed by atoms with E-state index in [-0.39, 0.29) is 23.3 Å². The number of nitrogens with zero attached hydrogens (tertiary/aromatic N) is 1. The fourth-order valence-electron chi connectivity index (χ4n) is 2.98. The van der Waals surface area contributed by atoms with E-state index in [0.717, 1.165) is 0 Å². The van der Waals surface area contributed by atoms with Crippen LogP contribution in [0.1, 0.15) is 27.7 Å². The third-order valence-corrected chi connectivity index (χ3v) is 7.40. The van der Waals surface area contributed by atoms with Crippen LogP contribution in [0.3, 0.4) is 0 Å². The van der Waals surface area contributed by atoms with E-state index < -0.39 is 36.5 Å². The van der Waals surface area contributed by atoms with Gasteiger partial charge < -0.3 is 0 Å². The number of benzene rings is 1. The van der Waals surface area contributed by atoms with Crippen molar-refractivity contribution in [1.29, 1.82) is 0 Å². The van der Waals surface area contributed by atoms with Gasteiger partial charge in [-0.2, -0.15) is 0 Å². The summed E-state index contributed by atoms with van der Waals surface area (Å²) in [5, 5.41) is 17.2. The Morgan fingerprint density at radius 3 is 1.93 bits per heavy atom. The summed E-state index contributed by atoms with van der Waals surface area (Å²) in [6.07, 6.45) is 0. The van der Waals surface area contributed by atoms with Gasteiger partial charge in [0.15, 0.2) is 0 Å². The van der Waals surface area contributed by atoms with Crippen molar-refractivity contribution in [3.63, 3.8) is 0 Å². The second-order valence-electron chi connectivity index (χ2n) is 7.22. The molecule has 10 nitrogen and oxygen atoms in total. The molecule has 2 heterocycles. The number of hydrogen-bond donors (Lipinski definition) is 2. The first-order chi connectivity index (χ1) is 12.6. The van der Waals surface area contributed by atoms with Crippen molar-refractivity contribution in [2.75, 3.05) is 0 Å². The van der Waals surface area contributed by atoms with E-state index in [1.165, 1.54) is 24.3 Å². The van der Waals surface area contributed by atoms with E-state index in [2.05, 4.69) is 10.2 Å². The van der Waals surface area contributed by atoms with Gasteiger partial charge in [-0.3, -0.25) is 0 Å². The van der Waals surface area contributed by atoms with Gasteiger partial charge in [0.2, 0.25) is 0 Å². The van der Waals surface area contributed by atoms with Crippen LogP contribution < -0.4 is 14.7 Å². The average Bonchev–Trinajstić information content (AvgIpc) is 3.02. The van der Waals surface area contributed by atoms with Crippen LogP contribution in [-0.4, -0.2) is 28.9 Å². The van der Waals surface area contributed by atoms with Crippen molar-refractivity contribution in [1.82, 2.24) is 10.2 Å². The maximum absolute atomic E-state index is 12.5. The maximum atomic E-state index is 12.5. The standard InChI is InChI=1S/C16H22N3O7P/c1-9(2)13-15(20)25-27(17-13,18-14(10(3)4)16(21)26-27)24-12-8-6-5-7-11(12)19(22)23/h5-10,13-14,17-18H,1-4H3/t13-,14-/m0/s1. The summed E-state index contributed by atoms with van der Waals surface area (Å²) in [6, 6.07) is 4.03. The summed E-state index contributed by atoms with van der Waals surface area (Å²) in [7, 11) is -4.72. The van der Waals surface area contributed by atoms with E-state index in [9.17, 15) is 19.7 Å². The van der Waals surface area contributed by atoms with Crippen molar-refractivity contribution < 1.29 is 28.1 Å². The molecule has 0 aliphatic carbocycles. The predicted octanol–water partition coefficient (Wildman–Crippen LogP) is 2.44. The van der Waals surface area contributed by atoms with Crippen LogP contribution in [0.15, 0.2) is 24.3 Å². The first-order valence-electron chi connectivity index (χ1n) is 8.56. The molecule has 0 unspecified atom stereocenters. The molecule has 0 amide bonds. The summed E-state index contributed by atoms with van der Waals surface area (Å²) in [5.41, 5.74) is -0.340. The number of nitrogens with one attached hydrogen (secondary N) is 2. The van der Waals surface area contributed by atoms with Gasteiger partial charge in [-0.1, -0.05) is 0 Å². The Kier molecular flexibility index (Phi) is 4.62. The van der Waals surface area contributed by atoms with Crippen LogP contribution in [0.2, 0.25) is 0 Å². The topological polar surface area (TPSA) is 129 Å². The Bertz CT molecular complexity index is 777. The predicted molar refractivity (Wildman–Crippen MR) is 96.4 cm³/mol. The van der Waals surface area contributed by atoms with Gasteiger partial charge >= 0.3 is 155 Å². The molecule has 2 atom stereocenters. The van der Waals surface area contributed by atoms with Gasteiger partial charge in [0.05, 0.1) is 0 Å². The molecule has 2 N–H and O–H groups in total. The van der Waals surface area contributed by atoms with Crippen LogP contribution in [0.4, 0.5) is 5.69 Å². The fraction of sp³-hybridized carbons (Fsp3) is 0.500. The SMILES string of the molecule is CC(C)[C@@H]1NP2(Oc3ccccc3[N+](=O)[O-])(N[C@@H](C(C)C)C(=O)O2)OC1=O. The van der Waals surface area contributed by atoms with Crippen molar-refractivity contribution in [2.24, 2.45) is 11.8 Å². The first kappa shape index (κ1) is 19.5. The molecule has 2 saturated heterocycles. The minimum absolute atomic E-state index is 0.172. The Hall–Kier alpha value is -2.29. The van der Waals surface area contributed by atoms with E-state index in [0.29, 0.717) is 0 Å². The Morgan fingerprint density at radius 1 is 1.04 bits per heavy atom. The number of hydrogen-bond acceptors (Lipinski definition) is 9. The third-order valence-electron chi connectivity index (χ3n) is 4.40. The molecule has 1 spiro atoms. The molecular formula is C16H22N3O7P. The van der Waals surface area contributed by atoms with Gasteiger partial charge in [-0.05, 0) is 0 Å². The molecule has 27 heavy (non-hydrogen) atoms. The number of para-hydroxylation sites is 2. The molecule has 0 aromatic heterocycles. The molecule has 3 rings (SSSR count). The summed E-state index contributed by atoms with van der Waals surface area (Å²) in [6.45, 7) is 7.17. The zero-order chi connectivity index (χ0) is 20.0. The Morgan fingerprint density at radius 2 is 1.52 bits per heavy atom. The van der Waals surface area contributed by atoms with Crippen molar-refractivity contribution in [3.05, 3.63) is 34.4 Å². The van der Waals surface area contributed by atoms with Gasteiger partial charge in [0.25, 0.3) is 0 Å². The van der Waals surface area contributed by atoms with Crippen LogP contribution in [0.5, 0.6) is 5.75 Å². The molecule has 2 aliphatic heterocycles. The zero-order valence-electron chi connectivity index (χ0n) is 15.4. The summed E-state index contributed by atoms with van der Waals surface area (Å²) in [4.78, 5) is 35.7. The number of rotatable bonds is 5. The van der Waals surface area contributed by atoms with Crippen molar-refractivity contribution in [3.8, 4) is 5.75 Å². The third kappa shape index (κ3) is 3.24. The molecule has 1 aromatic rings. The van der Waals surface area contributed by atoms with E-state index >= 15 is 0 Å². The quantitative estimate of drug-likeness (QED) is 0.436. The Labute approximate surface area is 156 Å². The summed E-state index contributed by atoms with van der Waals surface area (Å²) >= 11 is 0. The van der Waals surface area contributed by atoms with Gasteiger partial charge in [0, 0.05) is 0 Å². The molecule has 1 aromatic carbocycles. The van der Waals surface area contributed by atoms with Gasteiger partial charge in [-0.25, -0.2) is 0 Å². The molecule has 0 saturated carbocycles. The summed E-state index contributed by atoms with van der Waals surface area (Å²) < 4.78 is 17.0. The van der Waals surface area contributed by atoms with Crippen LogP contribution >= 0.6 is 7.59 Å². The van der Waals surface area contributed by atoms with E-state index in [1.54, 1.807) is 27.7 Å². The minimum atomic E-state index is -4.72. The average molecular weight is 399 g/mol. The fourth-order valence-corrected chi connectivity index (χ4v) is 6.64. The van der Waals surface area contributed by atoms with E-state index in [1.807, 2.05) is 0 Å². The van der Waals surface area contributed by atoms with E-state index in [4.69, 9.17) is 13.6 Å². The molecule has 148 valence electrons. The second kappa shape index (κ2) is 6.40. The normalized spacial score (nSPS) is 27.3. The molecule has 2 fully saturated rings. The number of carbonyl (C=O) groups excluding carboxylic acids is 2. The molecular weight excluding hydrogens is 377 g/mol. The first-order valence-corrected chi connectivity index (χ1v) is 10.6. The monoisotopic (exact) mass is 399 g/mol. The number of carbonyl (C=O) groups is 2. The Balaban J connectivity index is 2.10. The van der Waals surface area contributed by atoms with Crippen LogP contribution in [-0.2, 0) is 18.6 Å². The molecule has 0 radical (unpaired) electrons. The zero-order valence-corrected chi connectivity index (χ0v) is 16.3. The summed E-state index contributed by atoms with van der Waals surface area (Å²) in [5.74, 6) is -1.84.